The molecule has 1 aromatic rings. The topological polar surface area (TPSA) is 49.0 Å². The number of piperidine rings is 1. The Kier molecular flexibility index (Phi) is 5.02. The molecule has 0 unspecified atom stereocenters. The Morgan fingerprint density at radius 3 is 2.83 bits per heavy atom. The minimum atomic E-state index is 0.851. The van der Waals surface area contributed by atoms with Gasteiger partial charge in [0.15, 0.2) is 5.84 Å². The Morgan fingerprint density at radius 1 is 1.30 bits per heavy atom. The number of likely N-dealkylation sites (tertiary alicyclic amines) is 1. The summed E-state index contributed by atoms with van der Waals surface area (Å²) in [5, 5.41) is 6.52. The minimum absolute atomic E-state index is 0.851. The van der Waals surface area contributed by atoms with Gasteiger partial charge in [0, 0.05) is 30.8 Å². The molecule has 3 heterocycles. The maximum absolute atomic E-state index is 4.54. The van der Waals surface area contributed by atoms with Crippen molar-refractivity contribution >= 4 is 17.7 Å². The molecular weight excluding hydrogens is 288 g/mol. The van der Waals surface area contributed by atoms with Gasteiger partial charge in [0.05, 0.1) is 24.7 Å². The number of aliphatic imine (C=N–C) groups is 1. The van der Waals surface area contributed by atoms with E-state index in [1.165, 1.54) is 32.4 Å². The van der Waals surface area contributed by atoms with Crippen molar-refractivity contribution in [1.82, 2.24) is 19.5 Å². The fourth-order valence-corrected chi connectivity index (χ4v) is 3.04. The van der Waals surface area contributed by atoms with E-state index in [0.29, 0.717) is 0 Å². The van der Waals surface area contributed by atoms with Gasteiger partial charge in [-0.25, -0.2) is 15.0 Å². The Hall–Kier alpha value is -2.21. The largest absolute Gasteiger partial charge is 0.310 e. The fraction of sp³-hybridized carbons (Fsp3) is 0.471. The van der Waals surface area contributed by atoms with E-state index in [4.69, 9.17) is 0 Å². The van der Waals surface area contributed by atoms with E-state index in [9.17, 15) is 0 Å². The van der Waals surface area contributed by atoms with Crippen molar-refractivity contribution in [3.8, 4) is 0 Å². The monoisotopic (exact) mass is 312 g/mol. The number of aromatic nitrogens is 2. The highest BCUT2D eigenvalue weighted by Gasteiger charge is 2.23. The molecule has 0 spiro atoms. The van der Waals surface area contributed by atoms with Crippen LogP contribution in [-0.4, -0.2) is 57.7 Å². The molecule has 2 aliphatic heterocycles. The molecule has 0 aromatic carbocycles. The van der Waals surface area contributed by atoms with E-state index in [1.807, 2.05) is 22.0 Å². The van der Waals surface area contributed by atoms with Crippen LogP contribution in [0.4, 0.5) is 0 Å². The van der Waals surface area contributed by atoms with Crippen molar-refractivity contribution in [2.75, 3.05) is 26.2 Å². The van der Waals surface area contributed by atoms with Gasteiger partial charge in [-0.1, -0.05) is 13.0 Å². The number of allylic oxidation sites excluding steroid dienone is 1. The third-order valence-corrected chi connectivity index (χ3v) is 4.38. The van der Waals surface area contributed by atoms with Gasteiger partial charge in [0.1, 0.15) is 0 Å². The summed E-state index contributed by atoms with van der Waals surface area (Å²) in [6.07, 6.45) is 12.9. The average molecular weight is 312 g/mol. The lowest BCUT2D eigenvalue weighted by molar-refractivity contribution is 0.213. The summed E-state index contributed by atoms with van der Waals surface area (Å²) in [7, 11) is 0. The van der Waals surface area contributed by atoms with E-state index in [0.717, 1.165) is 30.2 Å². The summed E-state index contributed by atoms with van der Waals surface area (Å²) in [5.41, 5.74) is 2.08. The van der Waals surface area contributed by atoms with Gasteiger partial charge in [-0.05, 0) is 32.9 Å². The van der Waals surface area contributed by atoms with Crippen LogP contribution >= 0.6 is 0 Å². The van der Waals surface area contributed by atoms with Gasteiger partial charge in [-0.2, -0.15) is 5.10 Å². The van der Waals surface area contributed by atoms with Crippen LogP contribution in [0.2, 0.25) is 0 Å². The van der Waals surface area contributed by atoms with Crippen molar-refractivity contribution in [1.29, 1.82) is 0 Å². The second-order valence-corrected chi connectivity index (χ2v) is 5.87. The van der Waals surface area contributed by atoms with E-state index in [2.05, 4.69) is 33.5 Å². The predicted molar refractivity (Wildman–Crippen MR) is 94.2 cm³/mol. The number of rotatable bonds is 5. The van der Waals surface area contributed by atoms with Crippen LogP contribution in [0.1, 0.15) is 26.2 Å². The maximum atomic E-state index is 4.54. The van der Waals surface area contributed by atoms with Crippen LogP contribution in [-0.2, 0) is 0 Å². The van der Waals surface area contributed by atoms with Crippen LogP contribution in [0.25, 0.3) is 5.70 Å². The Bertz CT molecular complexity index is 620. The Morgan fingerprint density at radius 2 is 2.13 bits per heavy atom. The van der Waals surface area contributed by atoms with Gasteiger partial charge in [-0.15, -0.1) is 0 Å². The zero-order valence-electron chi connectivity index (χ0n) is 13.7. The summed E-state index contributed by atoms with van der Waals surface area (Å²) < 4.78 is 1.98. The Balaban J connectivity index is 1.73. The highest BCUT2D eigenvalue weighted by Crippen LogP contribution is 2.19. The van der Waals surface area contributed by atoms with Gasteiger partial charge in [0.25, 0.3) is 0 Å². The van der Waals surface area contributed by atoms with E-state index >= 15 is 0 Å². The summed E-state index contributed by atoms with van der Waals surface area (Å²) in [4.78, 5) is 11.1. The molecular formula is C17H24N6. The number of hydrogen-bond donors (Lipinski definition) is 0. The maximum Gasteiger partial charge on any atom is 0.159 e. The van der Waals surface area contributed by atoms with Gasteiger partial charge in [0.2, 0.25) is 0 Å². The average Bonchev–Trinajstić information content (AvgIpc) is 3.24. The van der Waals surface area contributed by atoms with Crippen LogP contribution in [0, 0.1) is 0 Å². The molecule has 23 heavy (non-hydrogen) atoms. The number of nitrogens with zero attached hydrogens (tertiary/aromatic N) is 6. The first-order valence-corrected chi connectivity index (χ1v) is 8.22. The molecule has 0 saturated carbocycles. The third kappa shape index (κ3) is 3.59. The first-order valence-electron chi connectivity index (χ1n) is 8.22. The molecule has 6 heteroatoms. The van der Waals surface area contributed by atoms with E-state index in [1.54, 1.807) is 18.7 Å². The van der Waals surface area contributed by atoms with Crippen LogP contribution in [0.15, 0.2) is 47.2 Å². The molecule has 0 atom stereocenters. The van der Waals surface area contributed by atoms with Gasteiger partial charge in [-0.3, -0.25) is 0 Å². The first kappa shape index (κ1) is 15.7. The van der Waals surface area contributed by atoms with Crippen molar-refractivity contribution in [3.05, 3.63) is 37.1 Å². The second-order valence-electron chi connectivity index (χ2n) is 5.87. The summed E-state index contributed by atoms with van der Waals surface area (Å²) in [6.45, 7) is 10.1. The predicted octanol–water partition coefficient (Wildman–Crippen LogP) is 2.44. The highest BCUT2D eigenvalue weighted by atomic mass is 15.5. The molecule has 3 rings (SSSR count). The van der Waals surface area contributed by atoms with Gasteiger partial charge < -0.3 is 9.47 Å². The number of hydrogen-bond acceptors (Lipinski definition) is 4. The number of imidazole rings is 1. The quantitative estimate of drug-likeness (QED) is 0.839. The van der Waals surface area contributed by atoms with Crippen LogP contribution in [0.5, 0.6) is 0 Å². The summed E-state index contributed by atoms with van der Waals surface area (Å²) in [5.74, 6) is 0.864. The number of amidine groups is 1. The molecule has 0 aliphatic carbocycles. The molecule has 1 saturated heterocycles. The highest BCUT2D eigenvalue weighted by molar-refractivity contribution is 6.21. The molecule has 1 fully saturated rings. The zero-order chi connectivity index (χ0) is 16.1. The molecule has 0 N–H and O–H groups in total. The SMILES string of the molecule is C=CN=C1/C(=C(\C)n2ccnc2)C=NN1CCN1CCCCC1. The van der Waals surface area contributed by atoms with Crippen LogP contribution < -0.4 is 0 Å². The molecule has 2 aliphatic rings. The molecule has 0 bridgehead atoms. The van der Waals surface area contributed by atoms with Gasteiger partial charge >= 0.3 is 0 Å². The normalized spacial score (nSPS) is 22.8. The third-order valence-electron chi connectivity index (χ3n) is 4.38. The van der Waals surface area contributed by atoms with Crippen LogP contribution in [0.3, 0.4) is 0 Å². The van der Waals surface area contributed by atoms with E-state index in [-0.39, 0.29) is 0 Å². The molecule has 0 amide bonds. The molecule has 6 nitrogen and oxygen atoms in total. The van der Waals surface area contributed by atoms with Crippen molar-refractivity contribution in [2.24, 2.45) is 10.1 Å². The smallest absolute Gasteiger partial charge is 0.159 e. The summed E-state index contributed by atoms with van der Waals surface area (Å²) in [6, 6.07) is 0. The zero-order valence-corrected chi connectivity index (χ0v) is 13.7. The first-order chi connectivity index (χ1) is 11.3. The molecule has 0 radical (unpaired) electrons. The fourth-order valence-electron chi connectivity index (χ4n) is 3.04. The molecule has 122 valence electrons. The minimum Gasteiger partial charge on any atom is -0.310 e. The van der Waals surface area contributed by atoms with Crippen molar-refractivity contribution < 1.29 is 0 Å². The summed E-state index contributed by atoms with van der Waals surface area (Å²) >= 11 is 0. The standard InChI is InChI=1S/C17H24N6/c1-3-19-17-16(15(2)22-10-7-18-14-22)13-20-23(17)12-11-21-8-5-4-6-9-21/h3,7,10,13-14H,1,4-6,8-9,11-12H2,2H3/b16-15+,19-17?. The van der Waals surface area contributed by atoms with Crippen molar-refractivity contribution in [2.45, 2.75) is 26.2 Å². The van der Waals surface area contributed by atoms with E-state index < -0.39 is 0 Å². The molecule has 1 aromatic heterocycles. The lowest BCUT2D eigenvalue weighted by Crippen LogP contribution is -2.37. The van der Waals surface area contributed by atoms with Crippen molar-refractivity contribution in [3.63, 3.8) is 0 Å². The lowest BCUT2D eigenvalue weighted by Gasteiger charge is -2.28. The lowest BCUT2D eigenvalue weighted by atomic mass is 10.1. The second kappa shape index (κ2) is 7.37. The Labute approximate surface area is 137 Å². The number of hydrazone groups is 1.